The molecule has 6 rings (SSSR count). The third-order valence-electron chi connectivity index (χ3n) is 7.47. The van der Waals surface area contributed by atoms with Gasteiger partial charge in [0.25, 0.3) is 0 Å². The van der Waals surface area contributed by atoms with E-state index in [-0.39, 0.29) is 17.9 Å². The van der Waals surface area contributed by atoms with Crippen LogP contribution >= 0.6 is 11.6 Å². The highest BCUT2D eigenvalue weighted by Crippen LogP contribution is 2.45. The first-order valence-electron chi connectivity index (χ1n) is 13.9. The van der Waals surface area contributed by atoms with Crippen LogP contribution in [0.3, 0.4) is 0 Å². The summed E-state index contributed by atoms with van der Waals surface area (Å²) in [5, 5.41) is 12.7. The van der Waals surface area contributed by atoms with Crippen LogP contribution in [0.4, 0.5) is 0 Å². The Balaban J connectivity index is 1.24. The molecule has 0 aliphatic carbocycles. The number of esters is 1. The fourth-order valence-corrected chi connectivity index (χ4v) is 5.46. The Labute approximate surface area is 259 Å². The molecule has 0 radical (unpaired) electrons. The maximum Gasteiger partial charge on any atom is 0.315 e. The van der Waals surface area contributed by atoms with Gasteiger partial charge in [0.05, 0.1) is 19.4 Å². The van der Waals surface area contributed by atoms with Crippen molar-refractivity contribution in [3.05, 3.63) is 142 Å². The zero-order valence-electron chi connectivity index (χ0n) is 23.8. The fraction of sp³-hybridized carbons (Fsp3) is 0.111. The summed E-state index contributed by atoms with van der Waals surface area (Å²) in [6.07, 6.45) is 0.106. The summed E-state index contributed by atoms with van der Waals surface area (Å²) < 4.78 is 23.2. The molecule has 1 atom stereocenters. The number of nitrogens with two attached hydrogens (primary N) is 1. The number of hydrogen-bond donors (Lipinski definition) is 1. The molecule has 0 bridgehead atoms. The molecule has 1 unspecified atom stereocenters. The molecular formula is C36H27ClN2O5. The van der Waals surface area contributed by atoms with Crippen LogP contribution in [-0.2, 0) is 17.8 Å². The first-order chi connectivity index (χ1) is 21.4. The van der Waals surface area contributed by atoms with Gasteiger partial charge in [-0.2, -0.15) is 5.26 Å². The molecule has 0 amide bonds. The van der Waals surface area contributed by atoms with Crippen LogP contribution in [0.5, 0.6) is 23.0 Å². The molecule has 0 saturated carbocycles. The molecule has 0 saturated heterocycles. The summed E-state index contributed by atoms with van der Waals surface area (Å²) in [6.45, 7) is 0.325. The number of nitriles is 1. The molecule has 5 aromatic rings. The van der Waals surface area contributed by atoms with Crippen LogP contribution in [0.25, 0.3) is 10.8 Å². The Kier molecular flexibility index (Phi) is 8.09. The second kappa shape index (κ2) is 12.4. The third-order valence-corrected chi connectivity index (χ3v) is 7.72. The van der Waals surface area contributed by atoms with Crippen molar-refractivity contribution in [3.63, 3.8) is 0 Å². The molecule has 44 heavy (non-hydrogen) atoms. The molecular weight excluding hydrogens is 576 g/mol. The van der Waals surface area contributed by atoms with Crippen molar-refractivity contribution in [2.75, 3.05) is 7.11 Å². The third kappa shape index (κ3) is 5.89. The van der Waals surface area contributed by atoms with Gasteiger partial charge in [0.2, 0.25) is 5.88 Å². The van der Waals surface area contributed by atoms with Gasteiger partial charge in [-0.3, -0.25) is 4.79 Å². The standard InChI is InChI=1S/C36H27ClN2O5/c1-41-33-17-25(11-16-31(33)42-21-22-9-12-26(37)13-10-22)35-29-15-14-27(19-32(29)44-36(39)30(35)20-38)43-34(40)18-24-7-4-6-23-5-2-3-8-28(23)24/h2-17,19,35H,18,21,39H2,1H3. The highest BCUT2D eigenvalue weighted by atomic mass is 35.5. The van der Waals surface area contributed by atoms with Crippen molar-refractivity contribution >= 4 is 28.3 Å². The number of allylic oxidation sites excluding steroid dienone is 1. The van der Waals surface area contributed by atoms with E-state index in [0.717, 1.165) is 27.5 Å². The van der Waals surface area contributed by atoms with E-state index in [9.17, 15) is 10.1 Å². The highest BCUT2D eigenvalue weighted by molar-refractivity contribution is 6.30. The number of nitrogens with zero attached hydrogens (tertiary/aromatic N) is 1. The maximum absolute atomic E-state index is 12.9. The molecule has 0 fully saturated rings. The monoisotopic (exact) mass is 602 g/mol. The van der Waals surface area contributed by atoms with Gasteiger partial charge in [0.15, 0.2) is 11.5 Å². The smallest absolute Gasteiger partial charge is 0.315 e. The second-order valence-electron chi connectivity index (χ2n) is 10.2. The largest absolute Gasteiger partial charge is 0.493 e. The van der Waals surface area contributed by atoms with Crippen LogP contribution in [0.2, 0.25) is 5.02 Å². The van der Waals surface area contributed by atoms with Crippen LogP contribution in [0, 0.1) is 11.3 Å². The normalized spacial score (nSPS) is 13.9. The fourth-order valence-electron chi connectivity index (χ4n) is 5.34. The predicted octanol–water partition coefficient (Wildman–Crippen LogP) is 7.45. The minimum absolute atomic E-state index is 0.0220. The average Bonchev–Trinajstić information content (AvgIpc) is 3.04. The Morgan fingerprint density at radius 2 is 1.75 bits per heavy atom. The minimum Gasteiger partial charge on any atom is -0.493 e. The Morgan fingerprint density at radius 3 is 2.55 bits per heavy atom. The Bertz CT molecular complexity index is 1940. The SMILES string of the molecule is COc1cc(C2C(C#N)=C(N)Oc3cc(OC(=O)Cc4cccc5ccccc45)ccc32)ccc1OCc1ccc(Cl)cc1. The van der Waals surface area contributed by atoms with E-state index in [2.05, 4.69) is 6.07 Å². The van der Waals surface area contributed by atoms with Gasteiger partial charge in [-0.15, -0.1) is 0 Å². The van der Waals surface area contributed by atoms with E-state index in [0.29, 0.717) is 40.2 Å². The molecule has 2 N–H and O–H groups in total. The summed E-state index contributed by atoms with van der Waals surface area (Å²) in [5.41, 5.74) is 9.76. The van der Waals surface area contributed by atoms with Crippen LogP contribution in [-0.4, -0.2) is 13.1 Å². The van der Waals surface area contributed by atoms with E-state index < -0.39 is 11.9 Å². The molecule has 1 aliphatic rings. The van der Waals surface area contributed by atoms with Gasteiger partial charge in [-0.05, 0) is 57.8 Å². The van der Waals surface area contributed by atoms with E-state index in [4.69, 9.17) is 36.3 Å². The van der Waals surface area contributed by atoms with Crippen molar-refractivity contribution < 1.29 is 23.7 Å². The molecule has 1 aliphatic heterocycles. The van der Waals surface area contributed by atoms with E-state index in [1.807, 2.05) is 66.7 Å². The van der Waals surface area contributed by atoms with Crippen LogP contribution in [0.15, 0.2) is 115 Å². The minimum atomic E-state index is -0.539. The summed E-state index contributed by atoms with van der Waals surface area (Å²) in [4.78, 5) is 12.9. The number of halogens is 1. The van der Waals surface area contributed by atoms with Crippen LogP contribution < -0.4 is 24.7 Å². The number of hydrogen-bond acceptors (Lipinski definition) is 7. The highest BCUT2D eigenvalue weighted by Gasteiger charge is 2.32. The van der Waals surface area contributed by atoms with Crippen molar-refractivity contribution in [1.82, 2.24) is 0 Å². The maximum atomic E-state index is 12.9. The van der Waals surface area contributed by atoms with E-state index >= 15 is 0 Å². The zero-order valence-corrected chi connectivity index (χ0v) is 24.5. The van der Waals surface area contributed by atoms with Crippen molar-refractivity contribution in [3.8, 4) is 29.1 Å². The van der Waals surface area contributed by atoms with Gasteiger partial charge in [0, 0.05) is 16.7 Å². The van der Waals surface area contributed by atoms with E-state index in [1.165, 1.54) is 0 Å². The summed E-state index contributed by atoms with van der Waals surface area (Å²) in [6, 6.07) is 33.9. The Hall–Kier alpha value is -5.45. The van der Waals surface area contributed by atoms with Crippen molar-refractivity contribution in [1.29, 1.82) is 5.26 Å². The quantitative estimate of drug-likeness (QED) is 0.145. The number of benzene rings is 5. The van der Waals surface area contributed by atoms with Gasteiger partial charge in [-0.1, -0.05) is 78.3 Å². The zero-order chi connectivity index (χ0) is 30.6. The molecule has 0 spiro atoms. The molecule has 1 heterocycles. The number of carbonyl (C=O) groups excluding carboxylic acids is 1. The molecule has 8 heteroatoms. The molecule has 5 aromatic carbocycles. The number of rotatable bonds is 8. The lowest BCUT2D eigenvalue weighted by molar-refractivity contribution is -0.133. The lowest BCUT2D eigenvalue weighted by Crippen LogP contribution is -2.21. The second-order valence-corrected chi connectivity index (χ2v) is 10.7. The summed E-state index contributed by atoms with van der Waals surface area (Å²) in [5.74, 6) is 0.777. The topological polar surface area (TPSA) is 104 Å². The predicted molar refractivity (Wildman–Crippen MR) is 168 cm³/mol. The van der Waals surface area contributed by atoms with Crippen LogP contribution in [0.1, 0.15) is 28.2 Å². The number of fused-ring (bicyclic) bond motifs is 2. The number of ether oxygens (including phenoxy) is 4. The summed E-state index contributed by atoms with van der Waals surface area (Å²) in [7, 11) is 1.56. The van der Waals surface area contributed by atoms with Crippen molar-refractivity contribution in [2.24, 2.45) is 5.73 Å². The molecule has 7 nitrogen and oxygen atoms in total. The van der Waals surface area contributed by atoms with Gasteiger partial charge in [0.1, 0.15) is 29.7 Å². The average molecular weight is 603 g/mol. The Morgan fingerprint density at radius 1 is 0.955 bits per heavy atom. The van der Waals surface area contributed by atoms with E-state index in [1.54, 1.807) is 43.5 Å². The van der Waals surface area contributed by atoms with Gasteiger partial charge < -0.3 is 24.7 Å². The first-order valence-corrected chi connectivity index (χ1v) is 14.3. The lowest BCUT2D eigenvalue weighted by atomic mass is 9.83. The van der Waals surface area contributed by atoms with Crippen molar-refractivity contribution in [2.45, 2.75) is 18.9 Å². The summed E-state index contributed by atoms with van der Waals surface area (Å²) >= 11 is 5.99. The van der Waals surface area contributed by atoms with Gasteiger partial charge >= 0.3 is 5.97 Å². The molecule has 0 aromatic heterocycles. The first kappa shape index (κ1) is 28.7. The number of carbonyl (C=O) groups is 1. The van der Waals surface area contributed by atoms with Gasteiger partial charge in [-0.25, -0.2) is 0 Å². The molecule has 218 valence electrons. The number of methoxy groups -OCH3 is 1. The lowest BCUT2D eigenvalue weighted by Gasteiger charge is -2.27.